The molecule has 3 aromatic rings. The maximum atomic E-state index is 14.6. The molecule has 0 saturated heterocycles. The van der Waals surface area contributed by atoms with Crippen molar-refractivity contribution in [3.8, 4) is 0 Å². The largest absolute Gasteiger partial charge is 0.298 e. The second-order valence-corrected chi connectivity index (χ2v) is 7.30. The van der Waals surface area contributed by atoms with Gasteiger partial charge in [0.05, 0.1) is 22.3 Å². The van der Waals surface area contributed by atoms with Crippen LogP contribution in [-0.4, -0.2) is 20.9 Å². The highest BCUT2D eigenvalue weighted by Gasteiger charge is 2.53. The van der Waals surface area contributed by atoms with Gasteiger partial charge in [-0.05, 0) is 43.5 Å². The SMILES string of the molecule is CC1(C)N=C(c2cnn3c(Cl)ccc3c2)c2sccc2C1(F)F. The fraction of sp³-hybridized carbons (Fsp3) is 0.250. The van der Waals surface area contributed by atoms with Gasteiger partial charge in [0.1, 0.15) is 10.7 Å². The van der Waals surface area contributed by atoms with Crippen molar-refractivity contribution in [3.05, 3.63) is 57.0 Å². The van der Waals surface area contributed by atoms with E-state index < -0.39 is 11.5 Å². The maximum Gasteiger partial charge on any atom is 0.298 e. The molecule has 1 aliphatic heterocycles. The first-order chi connectivity index (χ1) is 10.8. The molecule has 3 nitrogen and oxygen atoms in total. The van der Waals surface area contributed by atoms with Crippen molar-refractivity contribution in [1.29, 1.82) is 0 Å². The van der Waals surface area contributed by atoms with Crippen LogP contribution < -0.4 is 0 Å². The number of hydrogen-bond acceptors (Lipinski definition) is 3. The van der Waals surface area contributed by atoms with E-state index in [0.717, 1.165) is 5.52 Å². The Bertz CT molecular complexity index is 955. The predicted molar refractivity (Wildman–Crippen MR) is 88.1 cm³/mol. The summed E-state index contributed by atoms with van der Waals surface area (Å²) < 4.78 is 30.8. The Morgan fingerprint density at radius 3 is 2.78 bits per heavy atom. The monoisotopic (exact) mass is 351 g/mol. The van der Waals surface area contributed by atoms with E-state index in [1.807, 2.05) is 12.1 Å². The number of halogens is 3. The average molecular weight is 352 g/mol. The van der Waals surface area contributed by atoms with Gasteiger partial charge in [-0.3, -0.25) is 4.99 Å². The summed E-state index contributed by atoms with van der Waals surface area (Å²) in [5.74, 6) is -3.00. The Morgan fingerprint density at radius 1 is 1.22 bits per heavy atom. The molecule has 0 unspecified atom stereocenters. The molecule has 7 heteroatoms. The van der Waals surface area contributed by atoms with Gasteiger partial charge in [-0.2, -0.15) is 13.9 Å². The van der Waals surface area contributed by atoms with Gasteiger partial charge in [0.2, 0.25) is 0 Å². The Balaban J connectivity index is 1.95. The molecular formula is C16H12ClF2N3S. The summed E-state index contributed by atoms with van der Waals surface area (Å²) in [7, 11) is 0. The first-order valence-corrected chi connectivity index (χ1v) is 8.27. The molecule has 118 valence electrons. The highest BCUT2D eigenvalue weighted by atomic mass is 35.5. The van der Waals surface area contributed by atoms with Crippen molar-refractivity contribution in [2.75, 3.05) is 0 Å². The maximum absolute atomic E-state index is 14.6. The lowest BCUT2D eigenvalue weighted by Gasteiger charge is -2.35. The van der Waals surface area contributed by atoms with Gasteiger partial charge < -0.3 is 0 Å². The second-order valence-electron chi connectivity index (χ2n) is 5.99. The minimum absolute atomic E-state index is 0.0331. The van der Waals surface area contributed by atoms with E-state index in [0.29, 0.717) is 21.3 Å². The minimum atomic E-state index is -3.00. The van der Waals surface area contributed by atoms with E-state index in [4.69, 9.17) is 11.6 Å². The van der Waals surface area contributed by atoms with Gasteiger partial charge in [0.25, 0.3) is 5.92 Å². The number of thiophene rings is 1. The van der Waals surface area contributed by atoms with Crippen LogP contribution in [0.2, 0.25) is 5.15 Å². The number of aromatic nitrogens is 2. The molecular weight excluding hydrogens is 340 g/mol. The molecule has 0 N–H and O–H groups in total. The number of nitrogens with zero attached hydrogens (tertiary/aromatic N) is 3. The third-order valence-corrected chi connectivity index (χ3v) is 5.31. The van der Waals surface area contributed by atoms with Crippen LogP contribution in [0.4, 0.5) is 8.78 Å². The molecule has 0 spiro atoms. The molecule has 3 aromatic heterocycles. The lowest BCUT2D eigenvalue weighted by molar-refractivity contribution is -0.0677. The zero-order chi connectivity index (χ0) is 16.4. The third-order valence-electron chi connectivity index (χ3n) is 4.11. The highest BCUT2D eigenvalue weighted by molar-refractivity contribution is 7.12. The molecule has 23 heavy (non-hydrogen) atoms. The van der Waals surface area contributed by atoms with Crippen LogP contribution >= 0.6 is 22.9 Å². The lowest BCUT2D eigenvalue weighted by Crippen LogP contribution is -2.43. The quantitative estimate of drug-likeness (QED) is 0.621. The van der Waals surface area contributed by atoms with Gasteiger partial charge in [-0.25, -0.2) is 4.52 Å². The van der Waals surface area contributed by atoms with E-state index in [9.17, 15) is 8.78 Å². The molecule has 4 rings (SSSR count). The number of alkyl halides is 2. The van der Waals surface area contributed by atoms with Crippen molar-refractivity contribution in [1.82, 2.24) is 9.61 Å². The number of hydrogen-bond donors (Lipinski definition) is 0. The number of aliphatic imine (C=N–C) groups is 1. The summed E-state index contributed by atoms with van der Waals surface area (Å²) in [5, 5.41) is 6.46. The van der Waals surface area contributed by atoms with Gasteiger partial charge in [-0.1, -0.05) is 11.6 Å². The molecule has 0 radical (unpaired) electrons. The van der Waals surface area contributed by atoms with Crippen LogP contribution in [0.25, 0.3) is 5.52 Å². The Labute approximate surface area is 140 Å². The van der Waals surface area contributed by atoms with E-state index in [1.54, 1.807) is 22.2 Å². The summed E-state index contributed by atoms with van der Waals surface area (Å²) in [5.41, 5.74) is 0.578. The Kier molecular flexibility index (Phi) is 2.96. The van der Waals surface area contributed by atoms with Crippen molar-refractivity contribution < 1.29 is 8.78 Å². The van der Waals surface area contributed by atoms with Gasteiger partial charge in [0, 0.05) is 11.1 Å². The zero-order valence-electron chi connectivity index (χ0n) is 12.3. The Morgan fingerprint density at radius 2 is 2.00 bits per heavy atom. The summed E-state index contributed by atoms with van der Waals surface area (Å²) in [4.78, 5) is 4.86. The highest BCUT2D eigenvalue weighted by Crippen LogP contribution is 2.48. The third kappa shape index (κ3) is 1.98. The van der Waals surface area contributed by atoms with Crippen LogP contribution in [-0.2, 0) is 5.92 Å². The summed E-state index contributed by atoms with van der Waals surface area (Å²) in [6, 6.07) is 6.92. The number of fused-ring (bicyclic) bond motifs is 2. The topological polar surface area (TPSA) is 29.7 Å². The fourth-order valence-corrected chi connectivity index (χ4v) is 3.90. The standard InChI is InChI=1S/C16H12ClF2N3S/c1-15(2)16(18,19)11-5-6-23-14(11)13(21-15)9-7-10-3-4-12(17)22(10)20-8-9/h3-8H,1-2H3. The molecule has 1 aliphatic rings. The minimum Gasteiger partial charge on any atom is -0.270 e. The zero-order valence-corrected chi connectivity index (χ0v) is 13.9. The van der Waals surface area contributed by atoms with Crippen molar-refractivity contribution >= 4 is 34.2 Å². The van der Waals surface area contributed by atoms with Crippen molar-refractivity contribution in [2.24, 2.45) is 4.99 Å². The van der Waals surface area contributed by atoms with Gasteiger partial charge in [0.15, 0.2) is 0 Å². The predicted octanol–water partition coefficient (Wildman–Crippen LogP) is 4.77. The fourth-order valence-electron chi connectivity index (χ4n) is 2.76. The van der Waals surface area contributed by atoms with E-state index in [2.05, 4.69) is 10.1 Å². The van der Waals surface area contributed by atoms with Crippen LogP contribution in [0, 0.1) is 0 Å². The molecule has 0 fully saturated rings. The van der Waals surface area contributed by atoms with Gasteiger partial charge in [-0.15, -0.1) is 11.3 Å². The molecule has 0 amide bonds. The van der Waals surface area contributed by atoms with Gasteiger partial charge >= 0.3 is 0 Å². The Hall–Kier alpha value is -1.79. The molecule has 0 aliphatic carbocycles. The van der Waals surface area contributed by atoms with Crippen molar-refractivity contribution in [3.63, 3.8) is 0 Å². The second kappa shape index (κ2) is 4.61. The summed E-state index contributed by atoms with van der Waals surface area (Å²) >= 11 is 7.30. The van der Waals surface area contributed by atoms with Crippen LogP contribution in [0.5, 0.6) is 0 Å². The summed E-state index contributed by atoms with van der Waals surface area (Å²) in [6.07, 6.45) is 1.61. The van der Waals surface area contributed by atoms with Crippen LogP contribution in [0.3, 0.4) is 0 Å². The lowest BCUT2D eigenvalue weighted by atomic mass is 9.86. The van der Waals surface area contributed by atoms with Crippen LogP contribution in [0.1, 0.15) is 29.9 Å². The molecule has 0 saturated carbocycles. The molecule has 0 atom stereocenters. The molecule has 4 heterocycles. The normalized spacial score (nSPS) is 18.7. The number of rotatable bonds is 1. The summed E-state index contributed by atoms with van der Waals surface area (Å²) in [6.45, 7) is 2.90. The van der Waals surface area contributed by atoms with E-state index >= 15 is 0 Å². The molecule has 0 aromatic carbocycles. The van der Waals surface area contributed by atoms with Crippen LogP contribution in [0.15, 0.2) is 40.8 Å². The van der Waals surface area contributed by atoms with E-state index in [1.165, 1.54) is 31.3 Å². The first kappa shape index (κ1) is 14.8. The van der Waals surface area contributed by atoms with E-state index in [-0.39, 0.29) is 5.56 Å². The smallest absolute Gasteiger partial charge is 0.270 e. The average Bonchev–Trinajstić information content (AvgIpc) is 3.11. The first-order valence-electron chi connectivity index (χ1n) is 7.01. The van der Waals surface area contributed by atoms with Crippen molar-refractivity contribution in [2.45, 2.75) is 25.3 Å². The molecule has 0 bridgehead atoms.